The summed E-state index contributed by atoms with van der Waals surface area (Å²) in [7, 11) is 0. The molecule has 0 aliphatic heterocycles. The van der Waals surface area contributed by atoms with E-state index in [0.717, 1.165) is 50.4 Å². The van der Waals surface area contributed by atoms with Crippen molar-refractivity contribution < 1.29 is 17.7 Å². The van der Waals surface area contributed by atoms with E-state index in [0.29, 0.717) is 11.5 Å². The molecule has 0 radical (unpaired) electrons. The van der Waals surface area contributed by atoms with E-state index in [2.05, 4.69) is 20.9 Å². The lowest BCUT2D eigenvalue weighted by atomic mass is 9.89. The van der Waals surface area contributed by atoms with Crippen LogP contribution in [0.4, 0.5) is 13.2 Å². The van der Waals surface area contributed by atoms with Crippen molar-refractivity contribution >= 4 is 11.0 Å². The fraction of sp³-hybridized carbons (Fsp3) is 0.458. The highest BCUT2D eigenvalue weighted by Crippen LogP contribution is 2.35. The van der Waals surface area contributed by atoms with E-state index >= 15 is 0 Å². The Morgan fingerprint density at radius 1 is 1.06 bits per heavy atom. The molecule has 9 heteroatoms. The molecule has 1 saturated carbocycles. The Morgan fingerprint density at radius 3 is 2.55 bits per heavy atom. The van der Waals surface area contributed by atoms with Gasteiger partial charge in [-0.05, 0) is 38.7 Å². The number of fused-ring (bicyclic) bond motifs is 1. The first kappa shape index (κ1) is 21.7. The predicted octanol–water partition coefficient (Wildman–Crippen LogP) is 6.31. The highest BCUT2D eigenvalue weighted by atomic mass is 19.4. The summed E-state index contributed by atoms with van der Waals surface area (Å²) < 4.78 is 47.0. The van der Waals surface area contributed by atoms with Gasteiger partial charge in [0.25, 0.3) is 0 Å². The average Bonchev–Trinajstić information content (AvgIpc) is 3.45. The Hall–Kier alpha value is -3.10. The molecule has 0 atom stereocenters. The molecule has 1 fully saturated rings. The maximum absolute atomic E-state index is 12.8. The number of rotatable bonds is 5. The second-order valence-electron chi connectivity index (χ2n) is 9.03. The van der Waals surface area contributed by atoms with Crippen LogP contribution in [0.1, 0.15) is 43.6 Å². The molecule has 0 spiro atoms. The Bertz CT molecular complexity index is 1260. The number of aromatic nitrogens is 5. The van der Waals surface area contributed by atoms with E-state index in [1.807, 2.05) is 20.0 Å². The lowest BCUT2D eigenvalue weighted by Crippen LogP contribution is -2.17. The molecule has 4 heterocycles. The van der Waals surface area contributed by atoms with Crippen LogP contribution >= 0.6 is 0 Å². The Balaban J connectivity index is 1.59. The summed E-state index contributed by atoms with van der Waals surface area (Å²) in [6.45, 7) is 3.52. The van der Waals surface area contributed by atoms with Gasteiger partial charge in [-0.15, -0.1) is 0 Å². The summed E-state index contributed by atoms with van der Waals surface area (Å²) in [4.78, 5) is 4.74. The third-order valence-corrected chi connectivity index (χ3v) is 6.50. The van der Waals surface area contributed by atoms with Gasteiger partial charge in [-0.3, -0.25) is 9.67 Å². The van der Waals surface area contributed by atoms with Gasteiger partial charge >= 0.3 is 6.18 Å². The van der Waals surface area contributed by atoms with Gasteiger partial charge in [0.15, 0.2) is 0 Å². The van der Waals surface area contributed by atoms with Gasteiger partial charge in [0.1, 0.15) is 12.3 Å². The highest BCUT2D eigenvalue weighted by molar-refractivity contribution is 5.94. The third-order valence-electron chi connectivity index (χ3n) is 6.50. The molecular weight excluding hydrogens is 431 g/mol. The number of pyridine rings is 1. The van der Waals surface area contributed by atoms with Crippen LogP contribution in [0, 0.1) is 19.8 Å². The quantitative estimate of drug-likeness (QED) is 0.352. The fourth-order valence-electron chi connectivity index (χ4n) is 4.98. The van der Waals surface area contributed by atoms with Crippen LogP contribution in [0.3, 0.4) is 0 Å². The average molecular weight is 458 g/mol. The van der Waals surface area contributed by atoms with E-state index in [4.69, 9.17) is 9.51 Å². The van der Waals surface area contributed by atoms with Gasteiger partial charge in [0.2, 0.25) is 0 Å². The normalized spacial score (nSPS) is 15.5. The molecule has 6 nitrogen and oxygen atoms in total. The first-order chi connectivity index (χ1) is 15.8. The topological polar surface area (TPSA) is 61.7 Å². The summed E-state index contributed by atoms with van der Waals surface area (Å²) in [5.74, 6) is 1.31. The molecule has 1 aliphatic rings. The molecule has 0 unspecified atom stereocenters. The van der Waals surface area contributed by atoms with Crippen molar-refractivity contribution in [2.75, 3.05) is 0 Å². The van der Waals surface area contributed by atoms with Gasteiger partial charge in [-0.2, -0.15) is 18.3 Å². The van der Waals surface area contributed by atoms with Gasteiger partial charge in [0.05, 0.1) is 22.9 Å². The summed E-state index contributed by atoms with van der Waals surface area (Å²) in [5.41, 5.74) is 5.77. The minimum atomic E-state index is -4.32. The molecule has 0 N–H and O–H groups in total. The van der Waals surface area contributed by atoms with Crippen LogP contribution < -0.4 is 0 Å². The second-order valence-corrected chi connectivity index (χ2v) is 9.03. The summed E-state index contributed by atoms with van der Waals surface area (Å²) in [5, 5.41) is 7.99. The first-order valence-electron chi connectivity index (χ1n) is 11.3. The van der Waals surface area contributed by atoms with E-state index in [1.54, 1.807) is 6.20 Å². The van der Waals surface area contributed by atoms with Crippen molar-refractivity contribution in [2.45, 2.75) is 65.2 Å². The standard InChI is InChI=1S/C24H26F3N5O/c1-15-22(16(2)33-30-15)18-8-21-23(28-9-18)20(13-31(21)11-17-6-4-3-5-7-17)19-10-29-32(12-19)14-24(25,26)27/h8-10,12-13,17H,3-7,11,14H2,1-2H3. The van der Waals surface area contributed by atoms with Gasteiger partial charge in [-0.25, -0.2) is 0 Å². The number of halogens is 3. The molecule has 174 valence electrons. The van der Waals surface area contributed by atoms with Gasteiger partial charge < -0.3 is 9.09 Å². The van der Waals surface area contributed by atoms with Crippen LogP contribution in [0.5, 0.6) is 0 Å². The number of hydrogen-bond donors (Lipinski definition) is 0. The molecule has 0 bridgehead atoms. The van der Waals surface area contributed by atoms with Crippen LogP contribution in [0.25, 0.3) is 33.3 Å². The number of aryl methyl sites for hydroxylation is 2. The van der Waals surface area contributed by atoms with E-state index < -0.39 is 12.7 Å². The monoisotopic (exact) mass is 457 g/mol. The van der Waals surface area contributed by atoms with Crippen molar-refractivity contribution in [2.24, 2.45) is 5.92 Å². The highest BCUT2D eigenvalue weighted by Gasteiger charge is 2.29. The predicted molar refractivity (Wildman–Crippen MR) is 119 cm³/mol. The van der Waals surface area contributed by atoms with E-state index in [9.17, 15) is 13.2 Å². The van der Waals surface area contributed by atoms with Crippen molar-refractivity contribution in [3.05, 3.63) is 42.3 Å². The maximum atomic E-state index is 12.8. The minimum absolute atomic E-state index is 0.581. The maximum Gasteiger partial charge on any atom is 0.408 e. The molecular formula is C24H26F3N5O. The molecule has 0 saturated heterocycles. The smallest absolute Gasteiger partial charge is 0.361 e. The summed E-state index contributed by atoms with van der Waals surface area (Å²) in [6, 6.07) is 2.08. The molecule has 5 rings (SSSR count). The number of hydrogen-bond acceptors (Lipinski definition) is 4. The fourth-order valence-corrected chi connectivity index (χ4v) is 4.98. The van der Waals surface area contributed by atoms with Crippen molar-refractivity contribution in [3.63, 3.8) is 0 Å². The largest absolute Gasteiger partial charge is 0.408 e. The van der Waals surface area contributed by atoms with Crippen LogP contribution in [-0.2, 0) is 13.1 Å². The number of alkyl halides is 3. The van der Waals surface area contributed by atoms with E-state index in [1.165, 1.54) is 44.5 Å². The first-order valence-corrected chi connectivity index (χ1v) is 11.3. The third kappa shape index (κ3) is 4.41. The van der Waals surface area contributed by atoms with Crippen LogP contribution in [0.2, 0.25) is 0 Å². The summed E-state index contributed by atoms with van der Waals surface area (Å²) in [6.07, 6.45) is 8.54. The molecule has 0 amide bonds. The van der Waals surface area contributed by atoms with Crippen molar-refractivity contribution in [3.8, 4) is 22.3 Å². The van der Waals surface area contributed by atoms with E-state index in [-0.39, 0.29) is 0 Å². The number of nitrogens with zero attached hydrogens (tertiary/aromatic N) is 5. The van der Waals surface area contributed by atoms with Crippen LogP contribution in [-0.4, -0.2) is 30.7 Å². The van der Waals surface area contributed by atoms with Gasteiger partial charge in [-0.1, -0.05) is 24.4 Å². The molecule has 33 heavy (non-hydrogen) atoms. The minimum Gasteiger partial charge on any atom is -0.361 e. The van der Waals surface area contributed by atoms with Gasteiger partial charge in [0, 0.05) is 47.4 Å². The molecule has 0 aromatic carbocycles. The Morgan fingerprint density at radius 2 is 1.85 bits per heavy atom. The lowest BCUT2D eigenvalue weighted by molar-refractivity contribution is -0.142. The zero-order valence-electron chi connectivity index (χ0n) is 18.7. The Kier molecular flexibility index (Phi) is 5.50. The molecule has 4 aromatic heterocycles. The summed E-state index contributed by atoms with van der Waals surface area (Å²) >= 11 is 0. The second kappa shape index (κ2) is 8.35. The van der Waals surface area contributed by atoms with Crippen molar-refractivity contribution in [1.29, 1.82) is 0 Å². The lowest BCUT2D eigenvalue weighted by Gasteiger charge is -2.22. The van der Waals surface area contributed by atoms with Crippen molar-refractivity contribution in [1.82, 2.24) is 24.5 Å². The zero-order chi connectivity index (χ0) is 23.2. The SMILES string of the molecule is Cc1noc(C)c1-c1cnc2c(-c3cnn(CC(F)(F)F)c3)cn(CC3CCCCC3)c2c1. The Labute approximate surface area is 189 Å². The molecule has 1 aliphatic carbocycles. The van der Waals surface area contributed by atoms with Crippen LogP contribution in [0.15, 0.2) is 35.4 Å². The molecule has 4 aromatic rings. The zero-order valence-corrected chi connectivity index (χ0v) is 18.7.